The summed E-state index contributed by atoms with van der Waals surface area (Å²) in [4.78, 5) is 23.6. The summed E-state index contributed by atoms with van der Waals surface area (Å²) in [7, 11) is -3.87. The van der Waals surface area contributed by atoms with Crippen molar-refractivity contribution >= 4 is 21.9 Å². The summed E-state index contributed by atoms with van der Waals surface area (Å²) < 4.78 is 31.7. The number of hydrogen-bond donors (Lipinski definition) is 2. The van der Waals surface area contributed by atoms with Gasteiger partial charge in [0.2, 0.25) is 15.9 Å². The first-order valence-electron chi connectivity index (χ1n) is 8.44. The van der Waals surface area contributed by atoms with Crippen LogP contribution in [0.1, 0.15) is 35.8 Å². The van der Waals surface area contributed by atoms with E-state index in [2.05, 4.69) is 10.0 Å². The zero-order valence-electron chi connectivity index (χ0n) is 15.1. The van der Waals surface area contributed by atoms with E-state index in [4.69, 9.17) is 4.74 Å². The largest absolute Gasteiger partial charge is 0.462 e. The fourth-order valence-electron chi connectivity index (χ4n) is 2.35. The molecule has 0 unspecified atom stereocenters. The second kappa shape index (κ2) is 9.29. The molecule has 144 valence electrons. The zero-order chi connectivity index (χ0) is 19.9. The molecule has 0 bridgehead atoms. The van der Waals surface area contributed by atoms with Crippen molar-refractivity contribution < 1.29 is 22.7 Å². The molecule has 7 nitrogen and oxygen atoms in total. The van der Waals surface area contributed by atoms with Crippen LogP contribution in [0.2, 0.25) is 0 Å². The van der Waals surface area contributed by atoms with Gasteiger partial charge in [-0.3, -0.25) is 4.79 Å². The maximum absolute atomic E-state index is 12.3. The van der Waals surface area contributed by atoms with Crippen LogP contribution in [0.4, 0.5) is 0 Å². The number of benzene rings is 2. The molecular formula is C19H22N2O5S. The fourth-order valence-corrected chi connectivity index (χ4v) is 3.33. The number of esters is 1. The second-order valence-corrected chi connectivity index (χ2v) is 7.54. The van der Waals surface area contributed by atoms with Crippen LogP contribution in [0, 0.1) is 0 Å². The summed E-state index contributed by atoms with van der Waals surface area (Å²) >= 11 is 0. The molecule has 1 atom stereocenters. The van der Waals surface area contributed by atoms with Crippen LogP contribution in [0.15, 0.2) is 59.5 Å². The molecule has 2 aromatic carbocycles. The normalized spacial score (nSPS) is 12.2. The third-order valence-corrected chi connectivity index (χ3v) is 5.19. The van der Waals surface area contributed by atoms with E-state index in [1.165, 1.54) is 24.3 Å². The van der Waals surface area contributed by atoms with E-state index in [1.807, 2.05) is 37.3 Å². The van der Waals surface area contributed by atoms with Gasteiger partial charge in [-0.25, -0.2) is 17.9 Å². The number of rotatable bonds is 8. The van der Waals surface area contributed by atoms with Gasteiger partial charge in [-0.1, -0.05) is 30.3 Å². The minimum Gasteiger partial charge on any atom is -0.462 e. The third-order valence-electron chi connectivity index (χ3n) is 3.78. The van der Waals surface area contributed by atoms with Crippen molar-refractivity contribution in [1.82, 2.24) is 10.0 Å². The van der Waals surface area contributed by atoms with Gasteiger partial charge in [0.25, 0.3) is 0 Å². The molecule has 0 aromatic heterocycles. The number of amides is 1. The van der Waals surface area contributed by atoms with Crippen LogP contribution in [0.5, 0.6) is 0 Å². The van der Waals surface area contributed by atoms with Gasteiger partial charge >= 0.3 is 5.97 Å². The summed E-state index contributed by atoms with van der Waals surface area (Å²) in [5.41, 5.74) is 1.17. The first-order valence-corrected chi connectivity index (χ1v) is 9.93. The van der Waals surface area contributed by atoms with Crippen molar-refractivity contribution in [3.63, 3.8) is 0 Å². The van der Waals surface area contributed by atoms with E-state index in [1.54, 1.807) is 6.92 Å². The van der Waals surface area contributed by atoms with E-state index in [-0.39, 0.29) is 29.7 Å². The Morgan fingerprint density at radius 3 is 2.26 bits per heavy atom. The molecule has 0 radical (unpaired) electrons. The smallest absolute Gasteiger partial charge is 0.338 e. The van der Waals surface area contributed by atoms with Crippen LogP contribution < -0.4 is 10.0 Å². The number of ether oxygens (including phenoxy) is 1. The Labute approximate surface area is 158 Å². The van der Waals surface area contributed by atoms with E-state index in [0.29, 0.717) is 0 Å². The summed E-state index contributed by atoms with van der Waals surface area (Å²) in [5, 5.41) is 2.73. The van der Waals surface area contributed by atoms with Gasteiger partial charge in [0.05, 0.1) is 29.7 Å². The summed E-state index contributed by atoms with van der Waals surface area (Å²) in [6.45, 7) is 3.34. The Bertz CT molecular complexity index is 880. The lowest BCUT2D eigenvalue weighted by Crippen LogP contribution is -2.38. The lowest BCUT2D eigenvalue weighted by atomic mass is 10.1. The molecule has 0 saturated carbocycles. The number of carbonyl (C=O) groups excluding carboxylic acids is 2. The Hall–Kier alpha value is -2.71. The Morgan fingerprint density at radius 1 is 1.04 bits per heavy atom. The molecule has 2 rings (SSSR count). The lowest BCUT2D eigenvalue weighted by Gasteiger charge is -2.14. The van der Waals surface area contributed by atoms with Crippen molar-refractivity contribution in [1.29, 1.82) is 0 Å². The summed E-state index contributed by atoms with van der Waals surface area (Å²) in [5.74, 6) is -0.971. The minimum absolute atomic E-state index is 0.0422. The highest BCUT2D eigenvalue weighted by atomic mass is 32.2. The fraction of sp³-hybridized carbons (Fsp3) is 0.263. The highest BCUT2D eigenvalue weighted by molar-refractivity contribution is 7.89. The Balaban J connectivity index is 1.94. The summed E-state index contributed by atoms with van der Waals surface area (Å²) in [6.07, 6.45) is 0. The quantitative estimate of drug-likeness (QED) is 0.672. The molecule has 1 amide bonds. The van der Waals surface area contributed by atoms with Gasteiger partial charge in [-0.2, -0.15) is 0 Å². The van der Waals surface area contributed by atoms with E-state index in [0.717, 1.165) is 5.56 Å². The Kier molecular flexibility index (Phi) is 7.09. The minimum atomic E-state index is -3.87. The highest BCUT2D eigenvalue weighted by Gasteiger charge is 2.17. The highest BCUT2D eigenvalue weighted by Crippen LogP contribution is 2.12. The molecule has 8 heteroatoms. The first-order chi connectivity index (χ1) is 12.8. The summed E-state index contributed by atoms with van der Waals surface area (Å²) in [6, 6.07) is 14.4. The van der Waals surface area contributed by atoms with Crippen LogP contribution in [-0.4, -0.2) is 33.4 Å². The first kappa shape index (κ1) is 20.6. The van der Waals surface area contributed by atoms with Crippen LogP contribution >= 0.6 is 0 Å². The number of nitrogens with one attached hydrogen (secondary N) is 2. The standard InChI is InChI=1S/C19H22N2O5S/c1-3-26-19(23)16-9-11-17(12-10-16)27(24,25)20-13-18(22)21-14(2)15-7-5-4-6-8-15/h4-12,14,20H,3,13H2,1-2H3,(H,21,22)/t14-/m1/s1. The van der Waals surface area contributed by atoms with E-state index < -0.39 is 21.9 Å². The molecule has 0 spiro atoms. The average Bonchev–Trinajstić information content (AvgIpc) is 2.67. The molecular weight excluding hydrogens is 368 g/mol. The number of sulfonamides is 1. The predicted octanol–water partition coefficient (Wildman–Crippen LogP) is 2.02. The van der Waals surface area contributed by atoms with Crippen LogP contribution in [0.25, 0.3) is 0 Å². The van der Waals surface area contributed by atoms with Gasteiger partial charge in [0, 0.05) is 0 Å². The number of hydrogen-bond acceptors (Lipinski definition) is 5. The van der Waals surface area contributed by atoms with Gasteiger partial charge < -0.3 is 10.1 Å². The third kappa shape index (κ3) is 5.90. The van der Waals surface area contributed by atoms with Crippen molar-refractivity contribution in [3.8, 4) is 0 Å². The Morgan fingerprint density at radius 2 is 1.67 bits per heavy atom. The molecule has 2 aromatic rings. The molecule has 0 aliphatic heterocycles. The van der Waals surface area contributed by atoms with E-state index in [9.17, 15) is 18.0 Å². The van der Waals surface area contributed by atoms with Gasteiger partial charge in [0.1, 0.15) is 0 Å². The molecule has 27 heavy (non-hydrogen) atoms. The van der Waals surface area contributed by atoms with Gasteiger partial charge in [-0.15, -0.1) is 0 Å². The average molecular weight is 390 g/mol. The van der Waals surface area contributed by atoms with Crippen molar-refractivity contribution in [3.05, 3.63) is 65.7 Å². The molecule has 0 saturated heterocycles. The van der Waals surface area contributed by atoms with Crippen molar-refractivity contribution in [2.75, 3.05) is 13.2 Å². The maximum atomic E-state index is 12.3. The van der Waals surface area contributed by atoms with E-state index >= 15 is 0 Å². The second-order valence-electron chi connectivity index (χ2n) is 5.77. The number of carbonyl (C=O) groups is 2. The molecule has 0 aliphatic rings. The van der Waals surface area contributed by atoms with Crippen molar-refractivity contribution in [2.45, 2.75) is 24.8 Å². The van der Waals surface area contributed by atoms with Crippen molar-refractivity contribution in [2.24, 2.45) is 0 Å². The van der Waals surface area contributed by atoms with Crippen LogP contribution in [0.3, 0.4) is 0 Å². The lowest BCUT2D eigenvalue weighted by molar-refractivity contribution is -0.120. The van der Waals surface area contributed by atoms with Gasteiger partial charge in [-0.05, 0) is 43.7 Å². The molecule has 0 heterocycles. The molecule has 0 aliphatic carbocycles. The topological polar surface area (TPSA) is 102 Å². The maximum Gasteiger partial charge on any atom is 0.338 e. The monoisotopic (exact) mass is 390 g/mol. The predicted molar refractivity (Wildman–Crippen MR) is 101 cm³/mol. The molecule has 0 fully saturated rings. The van der Waals surface area contributed by atoms with Gasteiger partial charge in [0.15, 0.2) is 0 Å². The molecule has 2 N–H and O–H groups in total. The zero-order valence-corrected chi connectivity index (χ0v) is 16.0. The van der Waals surface area contributed by atoms with Crippen LogP contribution in [-0.2, 0) is 19.6 Å². The SMILES string of the molecule is CCOC(=O)c1ccc(S(=O)(=O)NCC(=O)N[C@H](C)c2ccccc2)cc1.